The van der Waals surface area contributed by atoms with Crippen molar-refractivity contribution in [2.75, 3.05) is 0 Å². The van der Waals surface area contributed by atoms with E-state index in [0.29, 0.717) is 12.2 Å². The molecule has 0 aliphatic heterocycles. The minimum absolute atomic E-state index is 0.0625. The molecule has 0 aromatic rings. The first-order valence-electron chi connectivity index (χ1n) is 5.37. The van der Waals surface area contributed by atoms with Crippen LogP contribution in [0.4, 0.5) is 0 Å². The van der Waals surface area contributed by atoms with Crippen molar-refractivity contribution in [3.8, 4) is 0 Å². The molecule has 0 spiro atoms. The van der Waals surface area contributed by atoms with E-state index >= 15 is 0 Å². The van der Waals surface area contributed by atoms with Crippen molar-refractivity contribution in [2.24, 2.45) is 0 Å². The van der Waals surface area contributed by atoms with Crippen molar-refractivity contribution in [3.05, 3.63) is 0 Å². The molecule has 93 valence electrons. The van der Waals surface area contributed by atoms with Gasteiger partial charge in [-0.2, -0.15) is 0 Å². The molecular formula is C11H22InO4. The van der Waals surface area contributed by atoms with E-state index in [0.717, 1.165) is 0 Å². The molecule has 0 rings (SSSR count). The Morgan fingerprint density at radius 1 is 0.938 bits per heavy atom. The summed E-state index contributed by atoms with van der Waals surface area (Å²) in [4.78, 5) is 20.1. The average Bonchev–Trinajstić information content (AvgIpc) is 2.00. The molecule has 0 bridgehead atoms. The second-order valence-corrected chi connectivity index (χ2v) is 6.15. The van der Waals surface area contributed by atoms with Crippen LogP contribution >= 0.6 is 0 Å². The second-order valence-electron chi connectivity index (χ2n) is 4.05. The summed E-state index contributed by atoms with van der Waals surface area (Å²) in [5.74, 6) is -0.125. The molecule has 4 nitrogen and oxygen atoms in total. The standard InChI is InChI=1S/C5H8O2.2C3H7O.In/c1-4(6)3-5(2)7;2*1-3(2)4;/h3H2,1-2H3;2*3H,1-2H3;/q;2*-1;+2. The van der Waals surface area contributed by atoms with E-state index in [1.807, 2.05) is 27.7 Å². The van der Waals surface area contributed by atoms with Gasteiger partial charge in [0.05, 0.1) is 6.42 Å². The molecule has 0 aliphatic rings. The Hall–Kier alpha value is 0.130. The molecule has 5 heteroatoms. The zero-order chi connectivity index (χ0) is 13.1. The summed E-state index contributed by atoms with van der Waals surface area (Å²) in [7, 11) is 0. The van der Waals surface area contributed by atoms with E-state index in [9.17, 15) is 9.59 Å². The number of ketones is 2. The van der Waals surface area contributed by atoms with Gasteiger partial charge in [0.25, 0.3) is 0 Å². The molecular weight excluding hydrogens is 311 g/mol. The number of carbonyl (C=O) groups excluding carboxylic acids is 2. The first-order chi connectivity index (χ1) is 7.25. The molecule has 0 aromatic carbocycles. The Morgan fingerprint density at radius 3 is 1.38 bits per heavy atom. The minimum atomic E-state index is -1.09. The molecule has 0 aromatic heterocycles. The number of Topliss-reactive ketones (excluding diaryl/α,β-unsaturated/α-hetero) is 2. The summed E-state index contributed by atoms with van der Waals surface area (Å²) < 4.78 is 10.6. The first-order valence-corrected chi connectivity index (χ1v) is 8.06. The van der Waals surface area contributed by atoms with Gasteiger partial charge in [0.1, 0.15) is 11.6 Å². The van der Waals surface area contributed by atoms with Crippen LogP contribution < -0.4 is 0 Å². The summed E-state index contributed by atoms with van der Waals surface area (Å²) in [5.41, 5.74) is 0. The number of hydrogen-bond acceptors (Lipinski definition) is 4. The molecule has 0 unspecified atom stereocenters. The van der Waals surface area contributed by atoms with Gasteiger partial charge in [0, 0.05) is 0 Å². The Balaban J connectivity index is 0. The molecule has 0 heterocycles. The predicted molar refractivity (Wildman–Crippen MR) is 64.2 cm³/mol. The van der Waals surface area contributed by atoms with Gasteiger partial charge in [0.15, 0.2) is 0 Å². The third-order valence-corrected chi connectivity index (χ3v) is 4.89. The third-order valence-electron chi connectivity index (χ3n) is 1.15. The quantitative estimate of drug-likeness (QED) is 0.697. The van der Waals surface area contributed by atoms with Gasteiger partial charge in [-0.1, -0.05) is 0 Å². The molecule has 0 N–H and O–H groups in total. The van der Waals surface area contributed by atoms with Gasteiger partial charge < -0.3 is 0 Å². The van der Waals surface area contributed by atoms with Crippen molar-refractivity contribution in [2.45, 2.75) is 60.2 Å². The fourth-order valence-corrected chi connectivity index (χ4v) is 2.06. The number of carbonyl (C=O) groups is 2. The summed E-state index contributed by atoms with van der Waals surface area (Å²) in [6, 6.07) is 0. The van der Waals surface area contributed by atoms with Crippen molar-refractivity contribution in [1.29, 1.82) is 0 Å². The Morgan fingerprint density at radius 2 is 1.25 bits per heavy atom. The maximum atomic E-state index is 10.0. The fraction of sp³-hybridized carbons (Fsp3) is 0.818. The van der Waals surface area contributed by atoms with Crippen LogP contribution in [-0.4, -0.2) is 47.6 Å². The molecule has 0 aliphatic carbocycles. The van der Waals surface area contributed by atoms with Crippen LogP contribution in [0.3, 0.4) is 0 Å². The van der Waals surface area contributed by atoms with Crippen molar-refractivity contribution < 1.29 is 15.3 Å². The predicted octanol–water partition coefficient (Wildman–Crippen LogP) is 1.93. The van der Waals surface area contributed by atoms with Crippen molar-refractivity contribution >= 4 is 35.3 Å². The average molecular weight is 333 g/mol. The van der Waals surface area contributed by atoms with Crippen LogP contribution in [0.15, 0.2) is 0 Å². The van der Waals surface area contributed by atoms with Gasteiger partial charge in [-0.3, -0.25) is 9.59 Å². The molecule has 1 radical (unpaired) electrons. The van der Waals surface area contributed by atoms with E-state index in [1.54, 1.807) is 0 Å². The summed E-state index contributed by atoms with van der Waals surface area (Å²) in [6.45, 7) is 11.0. The Bertz CT molecular complexity index is 182. The van der Waals surface area contributed by atoms with Gasteiger partial charge >= 0.3 is 69.4 Å². The SMILES string of the molecule is CC(=O)CC(C)=O.CC(C)[O][In][O]C(C)C. The van der Waals surface area contributed by atoms with E-state index in [1.165, 1.54) is 13.8 Å². The van der Waals surface area contributed by atoms with E-state index in [2.05, 4.69) is 0 Å². The first kappa shape index (κ1) is 18.5. The second kappa shape index (κ2) is 11.6. The summed E-state index contributed by atoms with van der Waals surface area (Å²) >= 11 is -1.09. The van der Waals surface area contributed by atoms with E-state index < -0.39 is 23.8 Å². The zero-order valence-corrected chi connectivity index (χ0v) is 14.4. The number of rotatable bonds is 6. The summed E-state index contributed by atoms with van der Waals surface area (Å²) in [5, 5.41) is 0. The van der Waals surface area contributed by atoms with Crippen LogP contribution in [0.25, 0.3) is 0 Å². The molecule has 0 fully saturated rings. The monoisotopic (exact) mass is 333 g/mol. The van der Waals surface area contributed by atoms with Crippen LogP contribution in [0.5, 0.6) is 0 Å². The van der Waals surface area contributed by atoms with Gasteiger partial charge in [0.2, 0.25) is 0 Å². The number of hydrogen-bond donors (Lipinski definition) is 0. The van der Waals surface area contributed by atoms with Gasteiger partial charge in [-0.15, -0.1) is 0 Å². The fourth-order valence-electron chi connectivity index (χ4n) is 0.605. The molecule has 16 heavy (non-hydrogen) atoms. The van der Waals surface area contributed by atoms with Crippen LogP contribution in [0, 0.1) is 0 Å². The molecule has 0 saturated heterocycles. The zero-order valence-electron chi connectivity index (χ0n) is 11.1. The van der Waals surface area contributed by atoms with Crippen molar-refractivity contribution in [3.63, 3.8) is 0 Å². The Labute approximate surface area is 111 Å². The molecule has 0 amide bonds. The van der Waals surface area contributed by atoms with Crippen LogP contribution in [0.1, 0.15) is 48.0 Å². The van der Waals surface area contributed by atoms with E-state index in [-0.39, 0.29) is 18.0 Å². The normalized spacial score (nSPS) is 9.75. The van der Waals surface area contributed by atoms with Crippen LogP contribution in [-0.2, 0) is 15.3 Å². The molecule has 0 atom stereocenters. The topological polar surface area (TPSA) is 52.6 Å². The van der Waals surface area contributed by atoms with Crippen molar-refractivity contribution in [1.82, 2.24) is 0 Å². The molecule has 0 saturated carbocycles. The van der Waals surface area contributed by atoms with E-state index in [4.69, 9.17) is 5.71 Å². The van der Waals surface area contributed by atoms with Crippen LogP contribution in [0.2, 0.25) is 0 Å². The van der Waals surface area contributed by atoms with Gasteiger partial charge in [-0.25, -0.2) is 0 Å². The van der Waals surface area contributed by atoms with Gasteiger partial charge in [-0.05, 0) is 13.8 Å². The summed E-state index contributed by atoms with van der Waals surface area (Å²) in [6.07, 6.45) is 0.787. The Kier molecular flexibility index (Phi) is 13.4. The maximum absolute atomic E-state index is 10.0. The third kappa shape index (κ3) is 23.7.